The maximum absolute atomic E-state index is 12.8. The van der Waals surface area contributed by atoms with Crippen LogP contribution in [0, 0.1) is 0 Å². The molecule has 0 aromatic heterocycles. The van der Waals surface area contributed by atoms with E-state index in [1.165, 1.54) is 6.07 Å². The van der Waals surface area contributed by atoms with Gasteiger partial charge in [0.05, 0.1) is 5.56 Å². The molecule has 0 aliphatic carbocycles. The molecule has 1 saturated heterocycles. The summed E-state index contributed by atoms with van der Waals surface area (Å²) in [5.74, 6) is -0.410. The number of hydrogen-bond donors (Lipinski definition) is 0. The van der Waals surface area contributed by atoms with Gasteiger partial charge in [-0.25, -0.2) is 0 Å². The molecule has 0 spiro atoms. The summed E-state index contributed by atoms with van der Waals surface area (Å²) >= 11 is 5.71. The number of likely N-dealkylation sites (N-methyl/N-ethyl adjacent to an activating group) is 1. The summed E-state index contributed by atoms with van der Waals surface area (Å²) in [7, 11) is 3.83. The van der Waals surface area contributed by atoms with Crippen molar-refractivity contribution in [2.24, 2.45) is 0 Å². The third-order valence-corrected chi connectivity index (χ3v) is 3.87. The lowest BCUT2D eigenvalue weighted by atomic mass is 10.1. The molecule has 1 aliphatic rings. The summed E-state index contributed by atoms with van der Waals surface area (Å²) in [6.07, 6.45) is -3.71. The van der Waals surface area contributed by atoms with Gasteiger partial charge in [-0.15, -0.1) is 0 Å². The SMILES string of the molecule is CN(C)[C@@H]1CCN(C(=O)c2cc(Cl)cc(C(F)(F)F)c2)C1. The molecular weight excluding hydrogens is 305 g/mol. The molecule has 3 nitrogen and oxygen atoms in total. The molecule has 0 bridgehead atoms. The number of halogens is 4. The molecular formula is C14H16ClF3N2O. The van der Waals surface area contributed by atoms with E-state index in [2.05, 4.69) is 0 Å². The molecule has 1 amide bonds. The highest BCUT2D eigenvalue weighted by molar-refractivity contribution is 6.31. The summed E-state index contributed by atoms with van der Waals surface area (Å²) in [5.41, 5.74) is -0.920. The molecule has 0 saturated carbocycles. The second-order valence-corrected chi connectivity index (χ2v) is 5.82. The average Bonchev–Trinajstić information content (AvgIpc) is 2.85. The quantitative estimate of drug-likeness (QED) is 0.836. The van der Waals surface area contributed by atoms with E-state index in [1.54, 1.807) is 4.90 Å². The predicted molar refractivity (Wildman–Crippen MR) is 74.4 cm³/mol. The zero-order valence-electron chi connectivity index (χ0n) is 11.7. The first-order chi connectivity index (χ1) is 9.68. The van der Waals surface area contributed by atoms with E-state index >= 15 is 0 Å². The number of carbonyl (C=O) groups excluding carboxylic acids is 1. The van der Waals surface area contributed by atoms with Gasteiger partial charge in [-0.1, -0.05) is 11.6 Å². The second kappa shape index (κ2) is 5.85. The van der Waals surface area contributed by atoms with Crippen molar-refractivity contribution in [1.29, 1.82) is 0 Å². The van der Waals surface area contributed by atoms with Crippen molar-refractivity contribution in [2.45, 2.75) is 18.6 Å². The Kier molecular flexibility index (Phi) is 4.49. The maximum atomic E-state index is 12.8. The maximum Gasteiger partial charge on any atom is 0.416 e. The standard InChI is InChI=1S/C14H16ClF3N2O/c1-19(2)12-3-4-20(8-12)13(21)9-5-10(14(16,17)18)7-11(15)6-9/h5-7,12H,3-4,8H2,1-2H3/t12-/m1/s1. The van der Waals surface area contributed by atoms with E-state index in [1.807, 2.05) is 19.0 Å². The molecule has 1 aliphatic heterocycles. The van der Waals surface area contributed by atoms with E-state index in [4.69, 9.17) is 11.6 Å². The van der Waals surface area contributed by atoms with Gasteiger partial charge in [0, 0.05) is 29.7 Å². The van der Waals surface area contributed by atoms with E-state index < -0.39 is 17.6 Å². The lowest BCUT2D eigenvalue weighted by Gasteiger charge is -2.21. The van der Waals surface area contributed by atoms with Gasteiger partial charge in [-0.3, -0.25) is 4.79 Å². The van der Waals surface area contributed by atoms with Crippen molar-refractivity contribution >= 4 is 17.5 Å². The van der Waals surface area contributed by atoms with Crippen LogP contribution in [0.2, 0.25) is 5.02 Å². The molecule has 116 valence electrons. The fourth-order valence-electron chi connectivity index (χ4n) is 2.41. The van der Waals surface area contributed by atoms with Crippen LogP contribution < -0.4 is 0 Å². The summed E-state index contributed by atoms with van der Waals surface area (Å²) in [4.78, 5) is 15.9. The minimum Gasteiger partial charge on any atom is -0.337 e. The van der Waals surface area contributed by atoms with Gasteiger partial charge >= 0.3 is 6.18 Å². The first-order valence-corrected chi connectivity index (χ1v) is 6.90. The third-order valence-electron chi connectivity index (χ3n) is 3.65. The van der Waals surface area contributed by atoms with Gasteiger partial charge in [-0.05, 0) is 38.7 Å². The number of hydrogen-bond acceptors (Lipinski definition) is 2. The first kappa shape index (κ1) is 16.1. The number of nitrogens with zero attached hydrogens (tertiary/aromatic N) is 2. The first-order valence-electron chi connectivity index (χ1n) is 6.52. The van der Waals surface area contributed by atoms with Crippen LogP contribution in [0.3, 0.4) is 0 Å². The van der Waals surface area contributed by atoms with Crippen LogP contribution in [-0.2, 0) is 6.18 Å². The summed E-state index contributed by atoms with van der Waals surface area (Å²) < 4.78 is 38.3. The second-order valence-electron chi connectivity index (χ2n) is 5.38. The molecule has 0 unspecified atom stereocenters. The Hall–Kier alpha value is -1.27. The molecule has 1 fully saturated rings. The third kappa shape index (κ3) is 3.68. The molecule has 21 heavy (non-hydrogen) atoms. The van der Waals surface area contributed by atoms with Gasteiger partial charge in [0.1, 0.15) is 0 Å². The molecule has 0 radical (unpaired) electrons. The Balaban J connectivity index is 2.22. The van der Waals surface area contributed by atoms with Gasteiger partial charge in [0.2, 0.25) is 0 Å². The highest BCUT2D eigenvalue weighted by atomic mass is 35.5. The largest absolute Gasteiger partial charge is 0.416 e. The Bertz CT molecular complexity index is 546. The number of alkyl halides is 3. The van der Waals surface area contributed by atoms with Crippen LogP contribution in [-0.4, -0.2) is 48.9 Å². The Morgan fingerprint density at radius 3 is 2.52 bits per heavy atom. The number of benzene rings is 1. The monoisotopic (exact) mass is 320 g/mol. The molecule has 2 rings (SSSR count). The lowest BCUT2D eigenvalue weighted by molar-refractivity contribution is -0.137. The normalized spacial score (nSPS) is 19.4. The van der Waals surface area contributed by atoms with Crippen LogP contribution >= 0.6 is 11.6 Å². The fourth-order valence-corrected chi connectivity index (χ4v) is 2.64. The van der Waals surface area contributed by atoms with Crippen LogP contribution in [0.1, 0.15) is 22.3 Å². The van der Waals surface area contributed by atoms with Gasteiger partial charge in [-0.2, -0.15) is 13.2 Å². The molecule has 0 N–H and O–H groups in total. The lowest BCUT2D eigenvalue weighted by Crippen LogP contribution is -2.34. The van der Waals surface area contributed by atoms with E-state index in [9.17, 15) is 18.0 Å². The van der Waals surface area contributed by atoms with Crippen molar-refractivity contribution < 1.29 is 18.0 Å². The van der Waals surface area contributed by atoms with Gasteiger partial charge < -0.3 is 9.80 Å². The van der Waals surface area contributed by atoms with Crippen LogP contribution in [0.5, 0.6) is 0 Å². The van der Waals surface area contributed by atoms with Crippen LogP contribution in [0.25, 0.3) is 0 Å². The highest BCUT2D eigenvalue weighted by Crippen LogP contribution is 2.32. The molecule has 1 atom stereocenters. The number of likely N-dealkylation sites (tertiary alicyclic amines) is 1. The molecule has 7 heteroatoms. The van der Waals surface area contributed by atoms with E-state index in [-0.39, 0.29) is 16.6 Å². The molecule has 1 aromatic carbocycles. The zero-order chi connectivity index (χ0) is 15.8. The zero-order valence-corrected chi connectivity index (χ0v) is 12.5. The minimum absolute atomic E-state index is 0.0192. The summed E-state index contributed by atoms with van der Waals surface area (Å²) in [6.45, 7) is 1.05. The molecule has 1 heterocycles. The van der Waals surface area contributed by atoms with E-state index in [0.717, 1.165) is 18.6 Å². The highest BCUT2D eigenvalue weighted by Gasteiger charge is 2.33. The van der Waals surface area contributed by atoms with Crippen molar-refractivity contribution in [3.63, 3.8) is 0 Å². The fraction of sp³-hybridized carbons (Fsp3) is 0.500. The minimum atomic E-state index is -4.52. The predicted octanol–water partition coefficient (Wildman–Crippen LogP) is 3.13. The summed E-state index contributed by atoms with van der Waals surface area (Å²) in [5, 5.41) is -0.0865. The Morgan fingerprint density at radius 2 is 2.00 bits per heavy atom. The topological polar surface area (TPSA) is 23.6 Å². The van der Waals surface area contributed by atoms with Crippen LogP contribution in [0.15, 0.2) is 18.2 Å². The van der Waals surface area contributed by atoms with Crippen molar-refractivity contribution in [3.05, 3.63) is 34.3 Å². The Morgan fingerprint density at radius 1 is 1.33 bits per heavy atom. The number of rotatable bonds is 2. The van der Waals surface area contributed by atoms with E-state index in [0.29, 0.717) is 13.1 Å². The van der Waals surface area contributed by atoms with Crippen molar-refractivity contribution in [2.75, 3.05) is 27.2 Å². The summed E-state index contributed by atoms with van der Waals surface area (Å²) in [6, 6.07) is 3.19. The number of amides is 1. The van der Waals surface area contributed by atoms with Gasteiger partial charge in [0.15, 0.2) is 0 Å². The smallest absolute Gasteiger partial charge is 0.337 e. The van der Waals surface area contributed by atoms with Crippen molar-refractivity contribution in [1.82, 2.24) is 9.80 Å². The molecule has 1 aromatic rings. The number of carbonyl (C=O) groups is 1. The van der Waals surface area contributed by atoms with Crippen molar-refractivity contribution in [3.8, 4) is 0 Å². The van der Waals surface area contributed by atoms with Crippen LogP contribution in [0.4, 0.5) is 13.2 Å². The average molecular weight is 321 g/mol. The Labute approximate surface area is 126 Å². The van der Waals surface area contributed by atoms with Gasteiger partial charge in [0.25, 0.3) is 5.91 Å².